The summed E-state index contributed by atoms with van der Waals surface area (Å²) in [5.74, 6) is 0. The molecule has 2 aromatic rings. The van der Waals surface area contributed by atoms with Crippen molar-refractivity contribution in [1.82, 2.24) is 20.0 Å². The van der Waals surface area contributed by atoms with E-state index < -0.39 is 0 Å². The fraction of sp³-hybridized carbons (Fsp3) is 0.500. The van der Waals surface area contributed by atoms with Gasteiger partial charge in [0, 0.05) is 36.6 Å². The molecular formula is C14H17N5OS2. The molecule has 0 aromatic carbocycles. The summed E-state index contributed by atoms with van der Waals surface area (Å²) in [6, 6.07) is 2.49. The number of hydrogen-bond donors (Lipinski definition) is 1. The molecule has 2 saturated heterocycles. The molecule has 2 fully saturated rings. The molecule has 2 aliphatic rings. The molecule has 2 amide bonds. The van der Waals surface area contributed by atoms with Gasteiger partial charge in [-0.25, -0.2) is 4.79 Å². The zero-order valence-corrected chi connectivity index (χ0v) is 13.7. The monoisotopic (exact) mass is 335 g/mol. The highest BCUT2D eigenvalue weighted by atomic mass is 32.1. The van der Waals surface area contributed by atoms with E-state index in [1.54, 1.807) is 11.3 Å². The summed E-state index contributed by atoms with van der Waals surface area (Å²) < 4.78 is 0. The van der Waals surface area contributed by atoms with Crippen LogP contribution in [0.4, 0.5) is 9.93 Å². The highest BCUT2D eigenvalue weighted by Gasteiger charge is 2.32. The fourth-order valence-corrected chi connectivity index (χ4v) is 4.57. The molecule has 1 N–H and O–H groups in total. The maximum atomic E-state index is 12.4. The number of carbonyl (C=O) groups excluding carboxylic acids is 1. The Morgan fingerprint density at radius 1 is 1.32 bits per heavy atom. The van der Waals surface area contributed by atoms with Gasteiger partial charge >= 0.3 is 6.03 Å². The number of rotatable bonds is 2. The van der Waals surface area contributed by atoms with Gasteiger partial charge in [-0.2, -0.15) is 11.3 Å². The highest BCUT2D eigenvalue weighted by Crippen LogP contribution is 2.28. The maximum Gasteiger partial charge on any atom is 0.323 e. The van der Waals surface area contributed by atoms with Crippen LogP contribution in [0.2, 0.25) is 0 Å². The van der Waals surface area contributed by atoms with Crippen LogP contribution in [-0.2, 0) is 0 Å². The molecule has 2 aliphatic heterocycles. The molecule has 0 radical (unpaired) electrons. The van der Waals surface area contributed by atoms with Gasteiger partial charge in [-0.3, -0.25) is 10.2 Å². The number of fused-ring (bicyclic) bond motifs is 1. The normalized spacial score (nSPS) is 21.8. The predicted octanol–water partition coefficient (Wildman–Crippen LogP) is 2.58. The molecule has 4 heterocycles. The Morgan fingerprint density at radius 3 is 3.14 bits per heavy atom. The third-order valence-corrected chi connectivity index (χ3v) is 5.85. The molecule has 0 bridgehead atoms. The first-order valence-corrected chi connectivity index (χ1v) is 9.21. The van der Waals surface area contributed by atoms with E-state index in [4.69, 9.17) is 0 Å². The molecule has 6 nitrogen and oxygen atoms in total. The fourth-order valence-electron chi connectivity index (χ4n) is 3.12. The van der Waals surface area contributed by atoms with Gasteiger partial charge in [0.05, 0.1) is 0 Å². The smallest absolute Gasteiger partial charge is 0.322 e. The summed E-state index contributed by atoms with van der Waals surface area (Å²) >= 11 is 3.05. The molecule has 1 unspecified atom stereocenters. The van der Waals surface area contributed by atoms with Gasteiger partial charge in [0.1, 0.15) is 5.01 Å². The second kappa shape index (κ2) is 5.94. The van der Waals surface area contributed by atoms with E-state index in [1.807, 2.05) is 21.7 Å². The molecule has 4 rings (SSSR count). The van der Waals surface area contributed by atoms with Crippen LogP contribution in [-0.4, -0.2) is 58.2 Å². The van der Waals surface area contributed by atoms with E-state index >= 15 is 0 Å². The summed E-state index contributed by atoms with van der Waals surface area (Å²) in [4.78, 5) is 16.8. The quantitative estimate of drug-likeness (QED) is 0.916. The van der Waals surface area contributed by atoms with Crippen LogP contribution in [0.5, 0.6) is 0 Å². The molecule has 8 heteroatoms. The van der Waals surface area contributed by atoms with Crippen LogP contribution in [0.25, 0.3) is 10.6 Å². The third kappa shape index (κ3) is 2.73. The van der Waals surface area contributed by atoms with E-state index in [0.29, 0.717) is 11.2 Å². The molecular weight excluding hydrogens is 318 g/mol. The Labute approximate surface area is 136 Å². The molecule has 22 heavy (non-hydrogen) atoms. The summed E-state index contributed by atoms with van der Waals surface area (Å²) in [5, 5.41) is 16.6. The number of anilines is 1. The number of carbonyl (C=O) groups is 1. The Bertz CT molecular complexity index is 656. The lowest BCUT2D eigenvalue weighted by atomic mass is 10.2. The predicted molar refractivity (Wildman–Crippen MR) is 88.4 cm³/mol. The molecule has 0 spiro atoms. The van der Waals surface area contributed by atoms with Gasteiger partial charge in [0.15, 0.2) is 0 Å². The lowest BCUT2D eigenvalue weighted by molar-refractivity contribution is 0.124. The number of nitrogens with one attached hydrogen (secondary N) is 1. The van der Waals surface area contributed by atoms with Crippen molar-refractivity contribution in [3.8, 4) is 10.6 Å². The molecule has 0 saturated carbocycles. The Kier molecular flexibility index (Phi) is 3.81. The van der Waals surface area contributed by atoms with E-state index in [9.17, 15) is 4.79 Å². The van der Waals surface area contributed by atoms with Gasteiger partial charge in [-0.1, -0.05) is 11.3 Å². The van der Waals surface area contributed by atoms with Crippen LogP contribution in [0.1, 0.15) is 12.8 Å². The van der Waals surface area contributed by atoms with Crippen LogP contribution in [0.15, 0.2) is 16.8 Å². The van der Waals surface area contributed by atoms with Gasteiger partial charge in [0.25, 0.3) is 0 Å². The summed E-state index contributed by atoms with van der Waals surface area (Å²) in [6.45, 7) is 3.77. The SMILES string of the molecule is O=C(Nc1nnc(-c2ccsc2)s1)N1CCN2CCCC2C1. The second-order valence-corrected chi connectivity index (χ2v) is 7.39. The van der Waals surface area contributed by atoms with Crippen molar-refractivity contribution in [2.45, 2.75) is 18.9 Å². The van der Waals surface area contributed by atoms with Crippen LogP contribution in [0, 0.1) is 0 Å². The summed E-state index contributed by atoms with van der Waals surface area (Å²) in [7, 11) is 0. The van der Waals surface area contributed by atoms with Gasteiger partial charge in [0.2, 0.25) is 5.13 Å². The van der Waals surface area contributed by atoms with Crippen molar-refractivity contribution in [2.75, 3.05) is 31.5 Å². The van der Waals surface area contributed by atoms with Gasteiger partial charge < -0.3 is 4.90 Å². The van der Waals surface area contributed by atoms with Crippen LogP contribution >= 0.6 is 22.7 Å². The second-order valence-electron chi connectivity index (χ2n) is 5.63. The van der Waals surface area contributed by atoms with Crippen LogP contribution < -0.4 is 5.32 Å². The average molecular weight is 335 g/mol. The van der Waals surface area contributed by atoms with Crippen molar-refractivity contribution < 1.29 is 4.79 Å². The lowest BCUT2D eigenvalue weighted by Crippen LogP contribution is -2.53. The van der Waals surface area contributed by atoms with Crippen molar-refractivity contribution >= 4 is 33.8 Å². The number of urea groups is 1. The van der Waals surface area contributed by atoms with Gasteiger partial charge in [-0.15, -0.1) is 10.2 Å². The minimum atomic E-state index is -0.0560. The minimum absolute atomic E-state index is 0.0560. The molecule has 1 atom stereocenters. The standard InChI is InChI=1S/C14H17N5OS2/c20-14(19-6-5-18-4-1-2-11(18)8-19)15-13-17-16-12(22-13)10-3-7-21-9-10/h3,7,9,11H,1-2,4-6,8H2,(H,15,17,20). The lowest BCUT2D eigenvalue weighted by Gasteiger charge is -2.37. The number of aromatic nitrogens is 2. The number of nitrogens with zero attached hydrogens (tertiary/aromatic N) is 4. The first kappa shape index (κ1) is 14.1. The topological polar surface area (TPSA) is 61.4 Å². The first-order chi connectivity index (χ1) is 10.8. The molecule has 2 aromatic heterocycles. The number of thiophene rings is 1. The zero-order valence-electron chi connectivity index (χ0n) is 12.1. The summed E-state index contributed by atoms with van der Waals surface area (Å²) in [5.41, 5.74) is 1.06. The number of piperazine rings is 1. The molecule has 0 aliphatic carbocycles. The van der Waals surface area contributed by atoms with Gasteiger partial charge in [-0.05, 0) is 30.8 Å². The van der Waals surface area contributed by atoms with Crippen LogP contribution in [0.3, 0.4) is 0 Å². The zero-order chi connectivity index (χ0) is 14.9. The van der Waals surface area contributed by atoms with E-state index in [-0.39, 0.29) is 6.03 Å². The van der Waals surface area contributed by atoms with Crippen molar-refractivity contribution in [2.24, 2.45) is 0 Å². The minimum Gasteiger partial charge on any atom is -0.322 e. The van der Waals surface area contributed by atoms with Crippen molar-refractivity contribution in [1.29, 1.82) is 0 Å². The Morgan fingerprint density at radius 2 is 2.27 bits per heavy atom. The number of hydrogen-bond acceptors (Lipinski definition) is 6. The third-order valence-electron chi connectivity index (χ3n) is 4.28. The number of amides is 2. The van der Waals surface area contributed by atoms with E-state index in [2.05, 4.69) is 20.4 Å². The largest absolute Gasteiger partial charge is 0.323 e. The average Bonchev–Trinajstić information content (AvgIpc) is 3.27. The first-order valence-electron chi connectivity index (χ1n) is 7.45. The Balaban J connectivity index is 1.40. The van der Waals surface area contributed by atoms with E-state index in [1.165, 1.54) is 30.7 Å². The molecule has 116 valence electrons. The highest BCUT2D eigenvalue weighted by molar-refractivity contribution is 7.19. The van der Waals surface area contributed by atoms with Crippen molar-refractivity contribution in [3.63, 3.8) is 0 Å². The summed E-state index contributed by atoms with van der Waals surface area (Å²) in [6.07, 6.45) is 2.45. The van der Waals surface area contributed by atoms with E-state index in [0.717, 1.165) is 30.2 Å². The Hall–Kier alpha value is -1.51. The maximum absolute atomic E-state index is 12.4. The van der Waals surface area contributed by atoms with Crippen molar-refractivity contribution in [3.05, 3.63) is 16.8 Å².